The molecule has 0 aliphatic carbocycles. The minimum absolute atomic E-state index is 0.0356. The van der Waals surface area contributed by atoms with Crippen LogP contribution in [0.15, 0.2) is 24.3 Å². The highest BCUT2D eigenvalue weighted by atomic mass is 16.5. The van der Waals surface area contributed by atoms with Crippen molar-refractivity contribution >= 4 is 11.9 Å². The third-order valence-corrected chi connectivity index (χ3v) is 3.25. The number of aliphatic carboxylic acids is 1. The molecule has 1 aromatic carbocycles. The number of carboxylic acids is 1. The molecule has 0 aromatic heterocycles. The van der Waals surface area contributed by atoms with Gasteiger partial charge in [-0.3, -0.25) is 4.79 Å². The van der Waals surface area contributed by atoms with Gasteiger partial charge in [0, 0.05) is 12.1 Å². The molecule has 1 amide bonds. The summed E-state index contributed by atoms with van der Waals surface area (Å²) in [5.41, 5.74) is 0.464. The quantitative estimate of drug-likeness (QED) is 0.840. The molecule has 116 valence electrons. The Bertz CT molecular complexity index is 590. The number of carboxylic acid groups (broad SMARTS) is 1. The molecular formula is C16H17NO5. The molecule has 0 spiro atoms. The number of carbonyl (C=O) groups excluding carboxylic acids is 1. The van der Waals surface area contributed by atoms with Crippen molar-refractivity contribution in [2.75, 3.05) is 19.7 Å². The van der Waals surface area contributed by atoms with Gasteiger partial charge in [-0.15, -0.1) is 6.42 Å². The Morgan fingerprint density at radius 3 is 2.68 bits per heavy atom. The summed E-state index contributed by atoms with van der Waals surface area (Å²) in [6, 6.07) is 6.57. The number of hydrogen-bond acceptors (Lipinski definition) is 4. The first kappa shape index (κ1) is 15.9. The van der Waals surface area contributed by atoms with Gasteiger partial charge >= 0.3 is 5.97 Å². The minimum Gasteiger partial charge on any atom is -0.481 e. The van der Waals surface area contributed by atoms with Gasteiger partial charge in [-0.2, -0.15) is 0 Å². The SMILES string of the molecule is C#CCOc1ccc(C(=O)N2CC(C(=O)O)O[C@H](C)C2)cc1. The first-order valence-electron chi connectivity index (χ1n) is 6.85. The lowest BCUT2D eigenvalue weighted by atomic mass is 10.1. The summed E-state index contributed by atoms with van der Waals surface area (Å²) in [7, 11) is 0. The topological polar surface area (TPSA) is 76.1 Å². The fourth-order valence-corrected chi connectivity index (χ4v) is 2.25. The largest absolute Gasteiger partial charge is 0.481 e. The van der Waals surface area contributed by atoms with Gasteiger partial charge in [0.25, 0.3) is 5.91 Å². The molecule has 22 heavy (non-hydrogen) atoms. The van der Waals surface area contributed by atoms with Gasteiger partial charge < -0.3 is 19.5 Å². The van der Waals surface area contributed by atoms with Crippen LogP contribution in [0, 0.1) is 12.3 Å². The van der Waals surface area contributed by atoms with E-state index in [0.29, 0.717) is 17.9 Å². The molecule has 0 radical (unpaired) electrons. The maximum Gasteiger partial charge on any atom is 0.334 e. The summed E-state index contributed by atoms with van der Waals surface area (Å²) < 4.78 is 10.5. The van der Waals surface area contributed by atoms with E-state index in [2.05, 4.69) is 5.92 Å². The molecule has 1 aliphatic heterocycles. The standard InChI is InChI=1S/C16H17NO5/c1-3-8-21-13-6-4-12(5-7-13)15(18)17-9-11(2)22-14(10-17)16(19)20/h1,4-7,11,14H,8-10H2,2H3,(H,19,20)/t11-,14?/m1/s1. The number of nitrogens with zero attached hydrogens (tertiary/aromatic N) is 1. The second kappa shape index (κ2) is 6.96. The summed E-state index contributed by atoms with van der Waals surface area (Å²) in [6.07, 6.45) is 3.79. The van der Waals surface area contributed by atoms with Crippen LogP contribution in [0.3, 0.4) is 0 Å². The van der Waals surface area contributed by atoms with Crippen molar-refractivity contribution in [2.24, 2.45) is 0 Å². The number of terminal acetylenes is 1. The average Bonchev–Trinajstić information content (AvgIpc) is 2.52. The van der Waals surface area contributed by atoms with E-state index >= 15 is 0 Å². The zero-order valence-corrected chi connectivity index (χ0v) is 12.2. The van der Waals surface area contributed by atoms with Crippen LogP contribution in [-0.2, 0) is 9.53 Å². The average molecular weight is 303 g/mol. The fourth-order valence-electron chi connectivity index (χ4n) is 2.25. The normalized spacial score (nSPS) is 21.0. The molecule has 1 unspecified atom stereocenters. The number of carbonyl (C=O) groups is 2. The van der Waals surface area contributed by atoms with E-state index in [9.17, 15) is 9.59 Å². The number of morpholine rings is 1. The highest BCUT2D eigenvalue weighted by Crippen LogP contribution is 2.17. The van der Waals surface area contributed by atoms with Crippen LogP contribution in [0.4, 0.5) is 0 Å². The van der Waals surface area contributed by atoms with Crippen molar-refractivity contribution in [1.82, 2.24) is 4.90 Å². The van der Waals surface area contributed by atoms with Crippen LogP contribution in [0.25, 0.3) is 0 Å². The van der Waals surface area contributed by atoms with Crippen LogP contribution in [-0.4, -0.2) is 53.8 Å². The number of amides is 1. The summed E-state index contributed by atoms with van der Waals surface area (Å²) in [5.74, 6) is 1.64. The molecule has 2 rings (SSSR count). The van der Waals surface area contributed by atoms with Crippen molar-refractivity contribution in [3.8, 4) is 18.1 Å². The Hall–Kier alpha value is -2.52. The van der Waals surface area contributed by atoms with E-state index in [1.165, 1.54) is 4.90 Å². The zero-order chi connectivity index (χ0) is 16.1. The predicted molar refractivity (Wildman–Crippen MR) is 78.6 cm³/mol. The molecule has 1 fully saturated rings. The van der Waals surface area contributed by atoms with E-state index in [1.54, 1.807) is 31.2 Å². The molecule has 2 atom stereocenters. The maximum absolute atomic E-state index is 12.4. The van der Waals surface area contributed by atoms with Crippen LogP contribution >= 0.6 is 0 Å². The Morgan fingerprint density at radius 1 is 1.41 bits per heavy atom. The molecule has 1 aliphatic rings. The van der Waals surface area contributed by atoms with Crippen molar-refractivity contribution in [3.63, 3.8) is 0 Å². The first-order chi connectivity index (χ1) is 10.5. The molecule has 6 heteroatoms. The van der Waals surface area contributed by atoms with Gasteiger partial charge in [-0.05, 0) is 31.2 Å². The number of ether oxygens (including phenoxy) is 2. The van der Waals surface area contributed by atoms with Crippen LogP contribution in [0.2, 0.25) is 0 Å². The Labute approximate surface area is 128 Å². The van der Waals surface area contributed by atoms with E-state index in [-0.39, 0.29) is 25.2 Å². The molecule has 6 nitrogen and oxygen atoms in total. The predicted octanol–water partition coefficient (Wildman–Crippen LogP) is 1.01. The van der Waals surface area contributed by atoms with Gasteiger partial charge in [0.2, 0.25) is 0 Å². The molecule has 0 bridgehead atoms. The molecule has 1 N–H and O–H groups in total. The van der Waals surface area contributed by atoms with Crippen molar-refractivity contribution < 1.29 is 24.2 Å². The minimum atomic E-state index is -1.07. The first-order valence-corrected chi connectivity index (χ1v) is 6.85. The summed E-state index contributed by atoms with van der Waals surface area (Å²) >= 11 is 0. The highest BCUT2D eigenvalue weighted by Gasteiger charge is 2.32. The van der Waals surface area contributed by atoms with Gasteiger partial charge in [0.1, 0.15) is 12.4 Å². The van der Waals surface area contributed by atoms with Gasteiger partial charge in [0.15, 0.2) is 6.10 Å². The number of benzene rings is 1. The third kappa shape index (κ3) is 3.77. The maximum atomic E-state index is 12.4. The van der Waals surface area contributed by atoms with Crippen LogP contribution in [0.1, 0.15) is 17.3 Å². The van der Waals surface area contributed by atoms with Crippen molar-refractivity contribution in [3.05, 3.63) is 29.8 Å². The summed E-state index contributed by atoms with van der Waals surface area (Å²) in [6.45, 7) is 2.30. The summed E-state index contributed by atoms with van der Waals surface area (Å²) in [4.78, 5) is 25.0. The van der Waals surface area contributed by atoms with E-state index in [1.807, 2.05) is 0 Å². The van der Waals surface area contributed by atoms with Crippen molar-refractivity contribution in [1.29, 1.82) is 0 Å². The zero-order valence-electron chi connectivity index (χ0n) is 12.2. The lowest BCUT2D eigenvalue weighted by Crippen LogP contribution is -2.51. The molecule has 1 saturated heterocycles. The second-order valence-corrected chi connectivity index (χ2v) is 5.00. The monoisotopic (exact) mass is 303 g/mol. The summed E-state index contributed by atoms with van der Waals surface area (Å²) in [5, 5.41) is 9.05. The van der Waals surface area contributed by atoms with E-state index < -0.39 is 12.1 Å². The van der Waals surface area contributed by atoms with Gasteiger partial charge in [-0.25, -0.2) is 4.79 Å². The Morgan fingerprint density at radius 2 is 2.09 bits per heavy atom. The van der Waals surface area contributed by atoms with Gasteiger partial charge in [-0.1, -0.05) is 5.92 Å². The van der Waals surface area contributed by atoms with Gasteiger partial charge in [0.05, 0.1) is 12.6 Å². The lowest BCUT2D eigenvalue weighted by molar-refractivity contribution is -0.160. The highest BCUT2D eigenvalue weighted by molar-refractivity contribution is 5.94. The van der Waals surface area contributed by atoms with E-state index in [4.69, 9.17) is 21.0 Å². The fraction of sp³-hybridized carbons (Fsp3) is 0.375. The molecule has 0 saturated carbocycles. The second-order valence-electron chi connectivity index (χ2n) is 5.00. The molecule has 1 heterocycles. The number of hydrogen-bond donors (Lipinski definition) is 1. The van der Waals surface area contributed by atoms with Crippen molar-refractivity contribution in [2.45, 2.75) is 19.1 Å². The Balaban J connectivity index is 2.07. The smallest absolute Gasteiger partial charge is 0.334 e. The van der Waals surface area contributed by atoms with Crippen LogP contribution < -0.4 is 4.74 Å². The Kier molecular flexibility index (Phi) is 5.02. The lowest BCUT2D eigenvalue weighted by Gasteiger charge is -2.35. The molecular weight excluding hydrogens is 286 g/mol. The van der Waals surface area contributed by atoms with E-state index in [0.717, 1.165) is 0 Å². The van der Waals surface area contributed by atoms with Crippen LogP contribution in [0.5, 0.6) is 5.75 Å². The molecule has 1 aromatic rings. The third-order valence-electron chi connectivity index (χ3n) is 3.25. The number of rotatable bonds is 4.